The number of hydrogen-bond donors (Lipinski definition) is 1. The number of aryl methyl sites for hydroxylation is 1. The second-order valence-electron chi connectivity index (χ2n) is 5.79. The molecule has 1 aromatic heterocycles. The van der Waals surface area contributed by atoms with Gasteiger partial charge in [0.1, 0.15) is 5.75 Å². The first-order valence-electron chi connectivity index (χ1n) is 8.25. The van der Waals surface area contributed by atoms with Crippen molar-refractivity contribution in [3.8, 4) is 17.2 Å². The Hall–Kier alpha value is -3.21. The van der Waals surface area contributed by atoms with Crippen molar-refractivity contribution < 1.29 is 14.2 Å². The number of anilines is 1. The van der Waals surface area contributed by atoms with Gasteiger partial charge >= 0.3 is 0 Å². The topological polar surface area (TPSA) is 52.6 Å². The van der Waals surface area contributed by atoms with Gasteiger partial charge in [0.2, 0.25) is 0 Å². The first-order chi connectivity index (χ1) is 12.6. The fraction of sp³-hybridized carbons (Fsp3) is 0.190. The number of ether oxygens (including phenoxy) is 3. The second-order valence-corrected chi connectivity index (χ2v) is 5.79. The molecule has 26 heavy (non-hydrogen) atoms. The van der Waals surface area contributed by atoms with E-state index in [9.17, 15) is 0 Å². The third-order valence-electron chi connectivity index (χ3n) is 4.07. The summed E-state index contributed by atoms with van der Waals surface area (Å²) in [5, 5.41) is 4.35. The molecule has 0 fully saturated rings. The molecule has 0 spiro atoms. The fourth-order valence-electron chi connectivity index (χ4n) is 2.77. The Bertz CT molecular complexity index is 951. The third kappa shape index (κ3) is 3.72. The highest BCUT2D eigenvalue weighted by Gasteiger charge is 2.05. The molecule has 0 saturated carbocycles. The zero-order valence-electron chi connectivity index (χ0n) is 15.4. The Morgan fingerprint density at radius 2 is 1.69 bits per heavy atom. The van der Waals surface area contributed by atoms with Crippen molar-refractivity contribution in [1.29, 1.82) is 0 Å². The molecule has 0 amide bonds. The van der Waals surface area contributed by atoms with Gasteiger partial charge in [0, 0.05) is 23.0 Å². The van der Waals surface area contributed by atoms with Gasteiger partial charge in [-0.25, -0.2) is 0 Å². The highest BCUT2D eigenvalue weighted by molar-refractivity contribution is 5.93. The van der Waals surface area contributed by atoms with Crippen LogP contribution < -0.4 is 19.5 Å². The normalized spacial score (nSPS) is 10.9. The summed E-state index contributed by atoms with van der Waals surface area (Å²) in [6.07, 6.45) is 3.87. The first-order valence-corrected chi connectivity index (χ1v) is 8.25. The minimum Gasteiger partial charge on any atom is -0.497 e. The van der Waals surface area contributed by atoms with Gasteiger partial charge in [-0.15, -0.1) is 0 Å². The summed E-state index contributed by atoms with van der Waals surface area (Å²) in [6, 6.07) is 13.7. The second kappa shape index (κ2) is 7.78. The van der Waals surface area contributed by atoms with E-state index >= 15 is 0 Å². The van der Waals surface area contributed by atoms with E-state index in [0.717, 1.165) is 33.6 Å². The van der Waals surface area contributed by atoms with Gasteiger partial charge in [-0.3, -0.25) is 4.98 Å². The monoisotopic (exact) mass is 350 g/mol. The average Bonchev–Trinajstić information content (AvgIpc) is 2.67. The molecule has 0 unspecified atom stereocenters. The zero-order valence-corrected chi connectivity index (χ0v) is 15.4. The van der Waals surface area contributed by atoms with E-state index in [-0.39, 0.29) is 0 Å². The molecule has 0 radical (unpaired) electrons. The van der Waals surface area contributed by atoms with E-state index in [1.165, 1.54) is 0 Å². The number of hydrogen-bond acceptors (Lipinski definition) is 5. The van der Waals surface area contributed by atoms with Crippen LogP contribution >= 0.6 is 0 Å². The number of fused-ring (bicyclic) bond motifs is 1. The van der Waals surface area contributed by atoms with Crippen molar-refractivity contribution >= 4 is 22.7 Å². The lowest BCUT2D eigenvalue weighted by molar-refractivity contribution is 0.355. The van der Waals surface area contributed by atoms with Gasteiger partial charge < -0.3 is 19.5 Å². The Labute approximate surface area is 153 Å². The Morgan fingerprint density at radius 3 is 2.42 bits per heavy atom. The van der Waals surface area contributed by atoms with Gasteiger partial charge in [0.05, 0.1) is 26.8 Å². The van der Waals surface area contributed by atoms with E-state index in [4.69, 9.17) is 14.2 Å². The summed E-state index contributed by atoms with van der Waals surface area (Å²) in [4.78, 5) is 4.57. The minimum atomic E-state index is 0.699. The van der Waals surface area contributed by atoms with Crippen LogP contribution in [0, 0.1) is 6.92 Å². The predicted molar refractivity (Wildman–Crippen MR) is 105 cm³/mol. The van der Waals surface area contributed by atoms with Crippen molar-refractivity contribution in [2.45, 2.75) is 6.92 Å². The molecule has 1 heterocycles. The molecule has 3 aromatic rings. The molecule has 5 nitrogen and oxygen atoms in total. The Balaban J connectivity index is 1.88. The van der Waals surface area contributed by atoms with E-state index in [1.807, 2.05) is 61.7 Å². The molecule has 0 atom stereocenters. The van der Waals surface area contributed by atoms with Gasteiger partial charge in [0.15, 0.2) is 11.5 Å². The zero-order chi connectivity index (χ0) is 18.5. The summed E-state index contributed by atoms with van der Waals surface area (Å²) >= 11 is 0. The van der Waals surface area contributed by atoms with Crippen molar-refractivity contribution in [2.75, 3.05) is 26.6 Å². The van der Waals surface area contributed by atoms with E-state index in [0.29, 0.717) is 11.5 Å². The highest BCUT2D eigenvalue weighted by atomic mass is 16.5. The van der Waals surface area contributed by atoms with Crippen LogP contribution in [0.5, 0.6) is 17.2 Å². The lowest BCUT2D eigenvalue weighted by Gasteiger charge is -2.10. The molecule has 0 aliphatic carbocycles. The number of rotatable bonds is 6. The molecule has 0 saturated heterocycles. The Morgan fingerprint density at radius 1 is 0.885 bits per heavy atom. The summed E-state index contributed by atoms with van der Waals surface area (Å²) < 4.78 is 15.9. The molecule has 1 N–H and O–H groups in total. The van der Waals surface area contributed by atoms with E-state index < -0.39 is 0 Å². The van der Waals surface area contributed by atoms with Crippen molar-refractivity contribution in [1.82, 2.24) is 4.98 Å². The van der Waals surface area contributed by atoms with Crippen molar-refractivity contribution in [3.05, 3.63) is 59.9 Å². The summed E-state index contributed by atoms with van der Waals surface area (Å²) in [6.45, 7) is 1.98. The molecule has 0 aliphatic rings. The van der Waals surface area contributed by atoms with Crippen molar-refractivity contribution in [3.63, 3.8) is 0 Å². The van der Waals surface area contributed by atoms with Gasteiger partial charge in [-0.1, -0.05) is 6.07 Å². The molecule has 3 rings (SSSR count). The van der Waals surface area contributed by atoms with Gasteiger partial charge in [-0.2, -0.15) is 0 Å². The van der Waals surface area contributed by atoms with Crippen LogP contribution in [0.15, 0.2) is 48.7 Å². The lowest BCUT2D eigenvalue weighted by Crippen LogP contribution is -1.94. The van der Waals surface area contributed by atoms with Crippen LogP contribution in [0.1, 0.15) is 11.3 Å². The number of methoxy groups -OCH3 is 3. The highest BCUT2D eigenvalue weighted by Crippen LogP contribution is 2.29. The van der Waals surface area contributed by atoms with Crippen LogP contribution in [-0.2, 0) is 0 Å². The smallest absolute Gasteiger partial charge is 0.161 e. The summed E-state index contributed by atoms with van der Waals surface area (Å²) in [5.41, 5.74) is 3.85. The van der Waals surface area contributed by atoms with Gasteiger partial charge in [-0.05, 0) is 55.0 Å². The van der Waals surface area contributed by atoms with Crippen LogP contribution in [0.3, 0.4) is 0 Å². The summed E-state index contributed by atoms with van der Waals surface area (Å²) in [5.74, 6) is 2.21. The number of benzene rings is 2. The number of pyridine rings is 1. The molecule has 0 bridgehead atoms. The number of nitrogens with zero attached hydrogens (tertiary/aromatic N) is 1. The van der Waals surface area contributed by atoms with Crippen LogP contribution in [0.2, 0.25) is 0 Å². The number of nitrogens with one attached hydrogen (secondary N) is 1. The maximum absolute atomic E-state index is 5.34. The molecule has 2 aromatic carbocycles. The SMILES string of the molecule is COc1ccc2nc(C)cc(N/C=C/c3ccc(OC)c(OC)c3)c2c1. The fourth-order valence-corrected chi connectivity index (χ4v) is 2.77. The van der Waals surface area contributed by atoms with Gasteiger partial charge in [0.25, 0.3) is 0 Å². The quantitative estimate of drug-likeness (QED) is 0.701. The minimum absolute atomic E-state index is 0.699. The number of aromatic nitrogens is 1. The van der Waals surface area contributed by atoms with E-state index in [2.05, 4.69) is 10.3 Å². The largest absolute Gasteiger partial charge is 0.497 e. The van der Waals surface area contributed by atoms with Crippen LogP contribution in [0.25, 0.3) is 17.0 Å². The average molecular weight is 350 g/mol. The standard InChI is InChI=1S/C21H22N2O3/c1-14-11-19(17-13-16(24-2)6-7-18(17)23-14)22-10-9-15-5-8-20(25-3)21(12-15)26-4/h5-13H,1-4H3,(H,22,23)/b10-9+. The maximum Gasteiger partial charge on any atom is 0.161 e. The predicted octanol–water partition coefficient (Wildman–Crippen LogP) is 4.65. The Kier molecular flexibility index (Phi) is 5.27. The van der Waals surface area contributed by atoms with E-state index in [1.54, 1.807) is 21.3 Å². The molecule has 0 aliphatic heterocycles. The lowest BCUT2D eigenvalue weighted by atomic mass is 10.1. The third-order valence-corrected chi connectivity index (χ3v) is 4.07. The first kappa shape index (κ1) is 17.6. The molecular formula is C21H22N2O3. The van der Waals surface area contributed by atoms with Crippen LogP contribution in [-0.4, -0.2) is 26.3 Å². The molecule has 134 valence electrons. The van der Waals surface area contributed by atoms with Crippen molar-refractivity contribution in [2.24, 2.45) is 0 Å². The molecule has 5 heteroatoms. The summed E-state index contributed by atoms with van der Waals surface area (Å²) in [7, 11) is 4.91. The molecular weight excluding hydrogens is 328 g/mol. The van der Waals surface area contributed by atoms with Crippen LogP contribution in [0.4, 0.5) is 5.69 Å². The maximum atomic E-state index is 5.34.